The molecule has 2 aromatic rings. The van der Waals surface area contributed by atoms with Gasteiger partial charge >= 0.3 is 0 Å². The highest BCUT2D eigenvalue weighted by Gasteiger charge is 2.17. The number of hydrogen-bond acceptors (Lipinski definition) is 2. The van der Waals surface area contributed by atoms with Crippen molar-refractivity contribution in [3.05, 3.63) is 34.5 Å². The predicted molar refractivity (Wildman–Crippen MR) is 89.0 cm³/mol. The van der Waals surface area contributed by atoms with Crippen LogP contribution in [0.3, 0.4) is 0 Å². The van der Waals surface area contributed by atoms with Gasteiger partial charge in [-0.3, -0.25) is 0 Å². The van der Waals surface area contributed by atoms with Crippen LogP contribution >= 0.6 is 15.9 Å². The van der Waals surface area contributed by atoms with Crippen molar-refractivity contribution in [3.63, 3.8) is 0 Å². The molecule has 0 bridgehead atoms. The molecule has 1 N–H and O–H groups in total. The van der Waals surface area contributed by atoms with Gasteiger partial charge in [0.2, 0.25) is 0 Å². The van der Waals surface area contributed by atoms with Crippen LogP contribution in [0.25, 0.3) is 11.0 Å². The van der Waals surface area contributed by atoms with Crippen LogP contribution < -0.4 is 5.32 Å². The Morgan fingerprint density at radius 2 is 2.05 bits per heavy atom. The second-order valence-corrected chi connectivity index (χ2v) is 6.64. The van der Waals surface area contributed by atoms with Gasteiger partial charge in [-0.25, -0.2) is 0 Å². The van der Waals surface area contributed by atoms with Crippen LogP contribution in [0.5, 0.6) is 0 Å². The van der Waals surface area contributed by atoms with Crippen molar-refractivity contribution < 1.29 is 4.42 Å². The number of halogens is 1. The predicted octanol–water partition coefficient (Wildman–Crippen LogP) is 5.67. The quantitative estimate of drug-likeness (QED) is 0.703. The molecule has 20 heavy (non-hydrogen) atoms. The summed E-state index contributed by atoms with van der Waals surface area (Å²) in [4.78, 5) is 0. The Morgan fingerprint density at radius 3 is 2.70 bits per heavy atom. The maximum absolute atomic E-state index is 6.08. The van der Waals surface area contributed by atoms with Crippen LogP contribution in [0.1, 0.15) is 51.8 Å². The van der Waals surface area contributed by atoms with Crippen molar-refractivity contribution in [2.75, 3.05) is 6.54 Å². The average Bonchev–Trinajstić information content (AvgIpc) is 2.84. The van der Waals surface area contributed by atoms with Gasteiger partial charge in [-0.15, -0.1) is 0 Å². The normalized spacial score (nSPS) is 13.2. The van der Waals surface area contributed by atoms with E-state index in [0.717, 1.165) is 41.1 Å². The minimum atomic E-state index is 0.316. The summed E-state index contributed by atoms with van der Waals surface area (Å²) in [7, 11) is 0. The summed E-state index contributed by atoms with van der Waals surface area (Å²) in [6, 6.07) is 8.67. The molecular weight excluding hydrogens is 314 g/mol. The fourth-order valence-electron chi connectivity index (χ4n) is 2.38. The first-order valence-corrected chi connectivity index (χ1v) is 8.32. The van der Waals surface area contributed by atoms with E-state index < -0.39 is 0 Å². The highest BCUT2D eigenvalue weighted by Crippen LogP contribution is 2.31. The van der Waals surface area contributed by atoms with E-state index in [1.54, 1.807) is 0 Å². The van der Waals surface area contributed by atoms with Gasteiger partial charge < -0.3 is 9.73 Å². The third kappa shape index (κ3) is 3.86. The zero-order valence-electron chi connectivity index (χ0n) is 12.6. The van der Waals surface area contributed by atoms with Gasteiger partial charge in [-0.05, 0) is 59.8 Å². The number of hydrogen-bond donors (Lipinski definition) is 1. The highest BCUT2D eigenvalue weighted by molar-refractivity contribution is 9.10. The zero-order valence-corrected chi connectivity index (χ0v) is 14.2. The first-order chi connectivity index (χ1) is 9.61. The molecular formula is C17H24BrNO. The Morgan fingerprint density at radius 1 is 1.25 bits per heavy atom. The lowest BCUT2D eigenvalue weighted by molar-refractivity contribution is 0.382. The minimum Gasteiger partial charge on any atom is -0.458 e. The van der Waals surface area contributed by atoms with E-state index >= 15 is 0 Å². The molecule has 2 rings (SSSR count). The summed E-state index contributed by atoms with van der Waals surface area (Å²) in [5.74, 6) is 1.78. The SMILES string of the molecule is CCCNC(CCC(C)C)c1cc2cccc(Br)c2o1. The molecule has 0 aliphatic carbocycles. The summed E-state index contributed by atoms with van der Waals surface area (Å²) in [5, 5.41) is 4.78. The smallest absolute Gasteiger partial charge is 0.148 e. The molecule has 1 aromatic carbocycles. The van der Waals surface area contributed by atoms with E-state index in [1.165, 1.54) is 11.8 Å². The molecule has 110 valence electrons. The van der Waals surface area contributed by atoms with Gasteiger partial charge in [0.05, 0.1) is 10.5 Å². The lowest BCUT2D eigenvalue weighted by atomic mass is 10.0. The molecule has 0 spiro atoms. The van der Waals surface area contributed by atoms with Crippen molar-refractivity contribution in [1.29, 1.82) is 0 Å². The Labute approximate surface area is 130 Å². The molecule has 1 unspecified atom stereocenters. The molecule has 1 aromatic heterocycles. The number of fused-ring (bicyclic) bond motifs is 1. The zero-order chi connectivity index (χ0) is 14.5. The van der Waals surface area contributed by atoms with Crippen LogP contribution in [0.4, 0.5) is 0 Å². The fourth-order valence-corrected chi connectivity index (χ4v) is 2.85. The van der Waals surface area contributed by atoms with Crippen LogP contribution in [-0.2, 0) is 0 Å². The molecule has 1 heterocycles. The van der Waals surface area contributed by atoms with Gasteiger partial charge in [0, 0.05) is 5.39 Å². The van der Waals surface area contributed by atoms with E-state index in [4.69, 9.17) is 4.42 Å². The molecule has 3 heteroatoms. The van der Waals surface area contributed by atoms with E-state index in [0.29, 0.717) is 6.04 Å². The van der Waals surface area contributed by atoms with Gasteiger partial charge in [-0.2, -0.15) is 0 Å². The second kappa shape index (κ2) is 7.28. The summed E-state index contributed by atoms with van der Waals surface area (Å²) in [6.07, 6.45) is 3.47. The van der Waals surface area contributed by atoms with Crippen molar-refractivity contribution in [3.8, 4) is 0 Å². The number of furan rings is 1. The maximum atomic E-state index is 6.08. The van der Waals surface area contributed by atoms with Crippen LogP contribution in [-0.4, -0.2) is 6.54 Å². The molecule has 0 amide bonds. The molecule has 0 aliphatic heterocycles. The third-order valence-electron chi connectivity index (χ3n) is 3.53. The lowest BCUT2D eigenvalue weighted by Gasteiger charge is -2.17. The Bertz CT molecular complexity index is 547. The lowest BCUT2D eigenvalue weighted by Crippen LogP contribution is -2.22. The summed E-state index contributed by atoms with van der Waals surface area (Å²) in [5.41, 5.74) is 0.954. The number of nitrogens with one attached hydrogen (secondary N) is 1. The largest absolute Gasteiger partial charge is 0.458 e. The number of para-hydroxylation sites is 1. The van der Waals surface area contributed by atoms with Gasteiger partial charge in [0.1, 0.15) is 11.3 Å². The van der Waals surface area contributed by atoms with Crippen molar-refractivity contribution in [2.45, 2.75) is 46.1 Å². The number of rotatable bonds is 7. The van der Waals surface area contributed by atoms with E-state index in [-0.39, 0.29) is 0 Å². The average molecular weight is 338 g/mol. The van der Waals surface area contributed by atoms with Crippen LogP contribution in [0.15, 0.2) is 33.2 Å². The van der Waals surface area contributed by atoms with E-state index in [2.05, 4.69) is 54.2 Å². The summed E-state index contributed by atoms with van der Waals surface area (Å²) >= 11 is 3.56. The Hall–Kier alpha value is -0.800. The first kappa shape index (κ1) is 15.6. The minimum absolute atomic E-state index is 0.316. The molecule has 1 atom stereocenters. The topological polar surface area (TPSA) is 25.2 Å². The standard InChI is InChI=1S/C17H24BrNO/c1-4-10-19-15(9-8-12(2)3)16-11-13-6-5-7-14(18)17(13)20-16/h5-7,11-12,15,19H,4,8-10H2,1-3H3. The van der Waals surface area contributed by atoms with Crippen molar-refractivity contribution in [2.24, 2.45) is 5.92 Å². The molecule has 0 fully saturated rings. The summed E-state index contributed by atoms with van der Waals surface area (Å²) < 4.78 is 7.11. The third-order valence-corrected chi connectivity index (χ3v) is 4.16. The number of benzene rings is 1. The first-order valence-electron chi connectivity index (χ1n) is 7.53. The van der Waals surface area contributed by atoms with Crippen molar-refractivity contribution in [1.82, 2.24) is 5.32 Å². The monoisotopic (exact) mass is 337 g/mol. The second-order valence-electron chi connectivity index (χ2n) is 5.78. The van der Waals surface area contributed by atoms with Crippen LogP contribution in [0, 0.1) is 5.92 Å². The Balaban J connectivity index is 2.22. The van der Waals surface area contributed by atoms with E-state index in [1.807, 2.05) is 12.1 Å². The molecule has 0 saturated heterocycles. The summed E-state index contributed by atoms with van der Waals surface area (Å²) in [6.45, 7) is 7.76. The van der Waals surface area contributed by atoms with E-state index in [9.17, 15) is 0 Å². The van der Waals surface area contributed by atoms with Crippen molar-refractivity contribution >= 4 is 26.9 Å². The van der Waals surface area contributed by atoms with Crippen LogP contribution in [0.2, 0.25) is 0 Å². The molecule has 0 radical (unpaired) electrons. The maximum Gasteiger partial charge on any atom is 0.148 e. The van der Waals surface area contributed by atoms with Gasteiger partial charge in [0.25, 0.3) is 0 Å². The fraction of sp³-hybridized carbons (Fsp3) is 0.529. The molecule has 2 nitrogen and oxygen atoms in total. The molecule has 0 saturated carbocycles. The van der Waals surface area contributed by atoms with Gasteiger partial charge in [0.15, 0.2) is 0 Å². The highest BCUT2D eigenvalue weighted by atomic mass is 79.9. The molecule has 0 aliphatic rings. The Kier molecular flexibility index (Phi) is 5.67. The van der Waals surface area contributed by atoms with Gasteiger partial charge in [-0.1, -0.05) is 32.9 Å².